The molecule has 3 aromatic rings. The first-order chi connectivity index (χ1) is 14.9. The molecule has 0 spiro atoms. The fourth-order valence-electron chi connectivity index (χ4n) is 3.75. The monoisotopic (exact) mass is 441 g/mol. The number of hydrogen-bond donors (Lipinski definition) is 1. The lowest BCUT2D eigenvalue weighted by molar-refractivity contribution is -0.137. The van der Waals surface area contributed by atoms with E-state index in [0.29, 0.717) is 35.6 Å². The summed E-state index contributed by atoms with van der Waals surface area (Å²) in [5.41, 5.74) is 4.00. The molecule has 0 radical (unpaired) electrons. The first-order valence-electron chi connectivity index (χ1n) is 10.3. The number of carboxylic acids is 1. The molecule has 1 aromatic heterocycles. The maximum atomic E-state index is 10.9. The zero-order valence-corrected chi connectivity index (χ0v) is 18.2. The van der Waals surface area contributed by atoms with Crippen molar-refractivity contribution in [3.63, 3.8) is 0 Å². The predicted molar refractivity (Wildman–Crippen MR) is 117 cm³/mol. The molecule has 0 atom stereocenters. The fourth-order valence-corrected chi connectivity index (χ4v) is 3.98. The molecule has 1 aliphatic rings. The van der Waals surface area contributed by atoms with Crippen LogP contribution in [0.1, 0.15) is 31.4 Å². The highest BCUT2D eigenvalue weighted by Gasteiger charge is 2.22. The van der Waals surface area contributed by atoms with Crippen LogP contribution < -0.4 is 4.74 Å². The molecule has 2 aromatic carbocycles. The molecule has 162 valence electrons. The van der Waals surface area contributed by atoms with Crippen LogP contribution in [0.5, 0.6) is 5.75 Å². The summed E-state index contributed by atoms with van der Waals surface area (Å²) in [6, 6.07) is 11.5. The third-order valence-electron chi connectivity index (χ3n) is 5.20. The van der Waals surface area contributed by atoms with Crippen LogP contribution in [0.4, 0.5) is 0 Å². The molecule has 0 unspecified atom stereocenters. The minimum Gasteiger partial charge on any atom is -0.489 e. The Hall–Kier alpha value is -2.90. The van der Waals surface area contributed by atoms with Crippen molar-refractivity contribution in [1.29, 1.82) is 0 Å². The van der Waals surface area contributed by atoms with Crippen molar-refractivity contribution in [2.75, 3.05) is 13.1 Å². The third kappa shape index (κ3) is 4.89. The molecule has 7 nitrogen and oxygen atoms in total. The van der Waals surface area contributed by atoms with Gasteiger partial charge < -0.3 is 14.4 Å². The molecule has 0 bridgehead atoms. The maximum Gasteiger partial charge on any atom is 0.304 e. The second-order valence-corrected chi connectivity index (χ2v) is 8.26. The number of halogens is 1. The van der Waals surface area contributed by atoms with Crippen LogP contribution in [-0.2, 0) is 17.8 Å². The summed E-state index contributed by atoms with van der Waals surface area (Å²) in [6.45, 7) is 5.94. The van der Waals surface area contributed by atoms with Gasteiger partial charge in [-0.15, -0.1) is 0 Å². The molecule has 31 heavy (non-hydrogen) atoms. The Labute approximate surface area is 185 Å². The molecule has 1 aliphatic heterocycles. The number of carbonyl (C=O) groups is 1. The average molecular weight is 442 g/mol. The fraction of sp³-hybridized carbons (Fsp3) is 0.348. The Morgan fingerprint density at radius 1 is 1.32 bits per heavy atom. The SMILES string of the molecule is CC(C)Oc1ccc(-c2noc(-c3cccc4c3CCN(CCC(=O)O)C4)n2)cc1Cl. The van der Waals surface area contributed by atoms with Crippen LogP contribution in [0.3, 0.4) is 0 Å². The van der Waals surface area contributed by atoms with Crippen LogP contribution in [0, 0.1) is 0 Å². The van der Waals surface area contributed by atoms with E-state index in [-0.39, 0.29) is 12.5 Å². The van der Waals surface area contributed by atoms with Gasteiger partial charge in [0.2, 0.25) is 5.82 Å². The van der Waals surface area contributed by atoms with E-state index in [2.05, 4.69) is 21.1 Å². The Bertz CT molecular complexity index is 1100. The van der Waals surface area contributed by atoms with Gasteiger partial charge in [-0.05, 0) is 55.7 Å². The van der Waals surface area contributed by atoms with Gasteiger partial charge in [0.25, 0.3) is 5.89 Å². The number of fused-ring (bicyclic) bond motifs is 1. The van der Waals surface area contributed by atoms with Gasteiger partial charge >= 0.3 is 5.97 Å². The number of nitrogens with zero attached hydrogens (tertiary/aromatic N) is 3. The molecular formula is C23H24ClN3O4. The number of carboxylic acid groups (broad SMARTS) is 1. The van der Waals surface area contributed by atoms with Gasteiger partial charge in [0.1, 0.15) is 5.75 Å². The van der Waals surface area contributed by atoms with Crippen molar-refractivity contribution in [1.82, 2.24) is 15.0 Å². The predicted octanol–water partition coefficient (Wildman–Crippen LogP) is 4.68. The quantitative estimate of drug-likeness (QED) is 0.569. The molecule has 1 N–H and O–H groups in total. The summed E-state index contributed by atoms with van der Waals surface area (Å²) in [4.78, 5) is 17.6. The first-order valence-corrected chi connectivity index (χ1v) is 10.6. The van der Waals surface area contributed by atoms with Gasteiger partial charge in [0.15, 0.2) is 0 Å². The van der Waals surface area contributed by atoms with E-state index in [0.717, 1.165) is 29.7 Å². The zero-order valence-electron chi connectivity index (χ0n) is 17.5. The van der Waals surface area contributed by atoms with E-state index in [1.807, 2.05) is 38.1 Å². The highest BCUT2D eigenvalue weighted by atomic mass is 35.5. The van der Waals surface area contributed by atoms with Gasteiger partial charge in [0.05, 0.1) is 17.5 Å². The lowest BCUT2D eigenvalue weighted by atomic mass is 9.94. The number of aromatic nitrogens is 2. The van der Waals surface area contributed by atoms with Crippen molar-refractivity contribution < 1.29 is 19.2 Å². The molecule has 0 saturated heterocycles. The van der Waals surface area contributed by atoms with E-state index in [1.54, 1.807) is 6.07 Å². The van der Waals surface area contributed by atoms with Crippen molar-refractivity contribution in [3.8, 4) is 28.6 Å². The molecule has 0 fully saturated rings. The molecule has 0 aliphatic carbocycles. The lowest BCUT2D eigenvalue weighted by Crippen LogP contribution is -2.32. The number of rotatable bonds is 7. The Balaban J connectivity index is 1.56. The summed E-state index contributed by atoms with van der Waals surface area (Å²) >= 11 is 6.35. The average Bonchev–Trinajstić information content (AvgIpc) is 3.23. The summed E-state index contributed by atoms with van der Waals surface area (Å²) in [5.74, 6) is 0.768. The molecule has 4 rings (SSSR count). The summed E-state index contributed by atoms with van der Waals surface area (Å²) < 4.78 is 11.3. The number of aliphatic carboxylic acids is 1. The van der Waals surface area contributed by atoms with E-state index in [4.69, 9.17) is 26.0 Å². The van der Waals surface area contributed by atoms with E-state index in [9.17, 15) is 4.79 Å². The van der Waals surface area contributed by atoms with Gasteiger partial charge in [-0.2, -0.15) is 4.98 Å². The second-order valence-electron chi connectivity index (χ2n) is 7.85. The topological polar surface area (TPSA) is 88.7 Å². The van der Waals surface area contributed by atoms with Crippen LogP contribution >= 0.6 is 11.6 Å². The van der Waals surface area contributed by atoms with Crippen LogP contribution in [0.15, 0.2) is 40.9 Å². The van der Waals surface area contributed by atoms with Crippen LogP contribution in [0.25, 0.3) is 22.8 Å². The number of ether oxygens (including phenoxy) is 1. The number of benzene rings is 2. The van der Waals surface area contributed by atoms with Gasteiger partial charge in [-0.25, -0.2) is 0 Å². The first kappa shape index (κ1) is 21.3. The lowest BCUT2D eigenvalue weighted by Gasteiger charge is -2.29. The van der Waals surface area contributed by atoms with Crippen LogP contribution in [0.2, 0.25) is 5.02 Å². The van der Waals surface area contributed by atoms with Gasteiger partial charge in [0, 0.05) is 30.8 Å². The summed E-state index contributed by atoms with van der Waals surface area (Å²) in [7, 11) is 0. The smallest absolute Gasteiger partial charge is 0.304 e. The van der Waals surface area contributed by atoms with Gasteiger partial charge in [-0.1, -0.05) is 28.9 Å². The highest BCUT2D eigenvalue weighted by molar-refractivity contribution is 6.32. The largest absolute Gasteiger partial charge is 0.489 e. The molecule has 0 saturated carbocycles. The molecule has 2 heterocycles. The third-order valence-corrected chi connectivity index (χ3v) is 5.49. The second kappa shape index (κ2) is 9.08. The molecular weight excluding hydrogens is 418 g/mol. The zero-order chi connectivity index (χ0) is 22.0. The Morgan fingerprint density at radius 3 is 2.90 bits per heavy atom. The minimum absolute atomic E-state index is 0.0319. The van der Waals surface area contributed by atoms with Crippen molar-refractivity contribution >= 4 is 17.6 Å². The maximum absolute atomic E-state index is 10.9. The standard InChI is InChI=1S/C23H24ClN3O4/c1-14(2)30-20-7-6-15(12-19(20)24)22-25-23(31-26-22)18-5-3-4-16-13-27(10-8-17(16)18)11-9-21(28)29/h3-7,12,14H,8-11,13H2,1-2H3,(H,28,29). The van der Waals surface area contributed by atoms with E-state index >= 15 is 0 Å². The van der Waals surface area contributed by atoms with Crippen molar-refractivity contribution in [2.24, 2.45) is 0 Å². The Kier molecular flexibility index (Phi) is 6.25. The summed E-state index contributed by atoms with van der Waals surface area (Å²) in [6.07, 6.45) is 0.978. The number of hydrogen-bond acceptors (Lipinski definition) is 6. The normalized spacial score (nSPS) is 13.9. The van der Waals surface area contributed by atoms with Crippen LogP contribution in [-0.4, -0.2) is 45.3 Å². The van der Waals surface area contributed by atoms with E-state index in [1.165, 1.54) is 5.56 Å². The minimum atomic E-state index is -0.776. The molecule has 8 heteroatoms. The van der Waals surface area contributed by atoms with Crippen molar-refractivity contribution in [3.05, 3.63) is 52.5 Å². The molecule has 0 amide bonds. The van der Waals surface area contributed by atoms with Crippen molar-refractivity contribution in [2.45, 2.75) is 39.3 Å². The van der Waals surface area contributed by atoms with E-state index < -0.39 is 5.97 Å². The summed E-state index contributed by atoms with van der Waals surface area (Å²) in [5, 5.41) is 13.6. The Morgan fingerprint density at radius 2 is 2.16 bits per heavy atom. The highest BCUT2D eigenvalue weighted by Crippen LogP contribution is 2.33. The van der Waals surface area contributed by atoms with Gasteiger partial charge in [-0.3, -0.25) is 9.69 Å².